The molecule has 1 atom stereocenters. The van der Waals surface area contributed by atoms with Gasteiger partial charge in [0.2, 0.25) is 0 Å². The van der Waals surface area contributed by atoms with Crippen molar-refractivity contribution in [1.82, 2.24) is 14.9 Å². The Bertz CT molecular complexity index is 646. The van der Waals surface area contributed by atoms with Gasteiger partial charge in [-0.25, -0.2) is 9.97 Å². The van der Waals surface area contributed by atoms with Crippen LogP contribution in [-0.4, -0.2) is 48.2 Å². The molecule has 0 saturated carbocycles. The van der Waals surface area contributed by atoms with Gasteiger partial charge in [-0.2, -0.15) is 0 Å². The summed E-state index contributed by atoms with van der Waals surface area (Å²) < 4.78 is 5.21. The minimum Gasteiger partial charge on any atom is -0.478 e. The maximum absolute atomic E-state index is 5.21. The van der Waals surface area contributed by atoms with Crippen molar-refractivity contribution in [2.75, 3.05) is 38.6 Å². The summed E-state index contributed by atoms with van der Waals surface area (Å²) in [5, 5.41) is 3.32. The zero-order valence-electron chi connectivity index (χ0n) is 13.8. The van der Waals surface area contributed by atoms with Crippen LogP contribution in [0, 0.1) is 6.92 Å². The van der Waals surface area contributed by atoms with Gasteiger partial charge in [-0.3, -0.25) is 0 Å². The minimum atomic E-state index is 0.548. The van der Waals surface area contributed by atoms with Crippen molar-refractivity contribution in [3.8, 4) is 5.88 Å². The molecule has 5 heteroatoms. The van der Waals surface area contributed by atoms with Gasteiger partial charge >= 0.3 is 0 Å². The van der Waals surface area contributed by atoms with E-state index in [1.54, 1.807) is 19.5 Å². The van der Waals surface area contributed by atoms with Crippen LogP contribution in [0.3, 0.4) is 0 Å². The fourth-order valence-corrected chi connectivity index (χ4v) is 3.26. The summed E-state index contributed by atoms with van der Waals surface area (Å²) in [5.74, 6) is 1.92. The van der Waals surface area contributed by atoms with Crippen molar-refractivity contribution in [1.29, 1.82) is 0 Å². The summed E-state index contributed by atoms with van der Waals surface area (Å²) in [6, 6.07) is 8.74. The van der Waals surface area contributed by atoms with E-state index >= 15 is 0 Å². The number of likely N-dealkylation sites (tertiary alicyclic amines) is 1. The lowest BCUT2D eigenvalue weighted by molar-refractivity contribution is 0.347. The predicted molar refractivity (Wildman–Crippen MR) is 92.1 cm³/mol. The van der Waals surface area contributed by atoms with Gasteiger partial charge < -0.3 is 15.0 Å². The molecule has 0 aliphatic carbocycles. The Morgan fingerprint density at radius 3 is 2.91 bits per heavy atom. The van der Waals surface area contributed by atoms with E-state index in [0.29, 0.717) is 17.6 Å². The highest BCUT2D eigenvalue weighted by atomic mass is 16.5. The molecule has 5 nitrogen and oxygen atoms in total. The second kappa shape index (κ2) is 7.42. The lowest BCUT2D eigenvalue weighted by Gasteiger charge is -2.18. The summed E-state index contributed by atoms with van der Waals surface area (Å²) in [5.41, 5.74) is 2.90. The summed E-state index contributed by atoms with van der Waals surface area (Å²) in [6.45, 7) is 6.33. The number of aryl methyl sites for hydroxylation is 1. The van der Waals surface area contributed by atoms with E-state index in [0.717, 1.165) is 26.2 Å². The number of hydrogen-bond donors (Lipinski definition) is 1. The van der Waals surface area contributed by atoms with Gasteiger partial charge in [-0.15, -0.1) is 0 Å². The van der Waals surface area contributed by atoms with Crippen LogP contribution in [0.5, 0.6) is 5.88 Å². The molecule has 1 saturated heterocycles. The van der Waals surface area contributed by atoms with Crippen LogP contribution in [0.15, 0.2) is 36.7 Å². The van der Waals surface area contributed by atoms with Crippen molar-refractivity contribution in [2.45, 2.75) is 19.3 Å². The summed E-state index contributed by atoms with van der Waals surface area (Å²) in [7, 11) is 1.61. The molecule has 1 fully saturated rings. The number of benzene rings is 1. The van der Waals surface area contributed by atoms with Crippen molar-refractivity contribution in [3.63, 3.8) is 0 Å². The number of nitrogens with one attached hydrogen (secondary N) is 1. The van der Waals surface area contributed by atoms with Crippen molar-refractivity contribution >= 4 is 5.82 Å². The number of methoxy groups -OCH3 is 1. The van der Waals surface area contributed by atoms with Gasteiger partial charge in [-0.05, 0) is 36.9 Å². The molecule has 0 radical (unpaired) electrons. The first-order valence-corrected chi connectivity index (χ1v) is 8.14. The molecule has 1 aromatic carbocycles. The lowest BCUT2D eigenvalue weighted by atomic mass is 9.94. The lowest BCUT2D eigenvalue weighted by Crippen LogP contribution is -2.27. The Kier molecular flexibility index (Phi) is 5.08. The zero-order chi connectivity index (χ0) is 16.1. The van der Waals surface area contributed by atoms with E-state index < -0.39 is 0 Å². The predicted octanol–water partition coefficient (Wildman–Crippen LogP) is 2.70. The van der Waals surface area contributed by atoms with E-state index in [1.165, 1.54) is 17.5 Å². The van der Waals surface area contributed by atoms with Gasteiger partial charge in [-0.1, -0.05) is 24.3 Å². The standard InChI is InChI=1S/C18H24N4O/c1-14-5-3-4-6-16(14)15-7-11-22(13-15)12-10-20-17-18(23-2)21-9-8-19-17/h3-6,8-9,15H,7,10-13H2,1-2H3,(H,19,20). The van der Waals surface area contributed by atoms with Crippen molar-refractivity contribution < 1.29 is 4.74 Å². The molecule has 2 aromatic rings. The van der Waals surface area contributed by atoms with Crippen LogP contribution < -0.4 is 10.1 Å². The molecule has 122 valence electrons. The van der Waals surface area contributed by atoms with E-state index in [4.69, 9.17) is 4.74 Å². The number of aromatic nitrogens is 2. The number of rotatable bonds is 6. The number of hydrogen-bond acceptors (Lipinski definition) is 5. The maximum atomic E-state index is 5.21. The maximum Gasteiger partial charge on any atom is 0.257 e. The summed E-state index contributed by atoms with van der Waals surface area (Å²) >= 11 is 0. The first kappa shape index (κ1) is 15.7. The molecule has 1 aromatic heterocycles. The third-order valence-electron chi connectivity index (χ3n) is 4.48. The van der Waals surface area contributed by atoms with Crippen LogP contribution in [-0.2, 0) is 0 Å². The molecule has 0 bridgehead atoms. The first-order chi connectivity index (χ1) is 11.3. The highest BCUT2D eigenvalue weighted by Crippen LogP contribution is 2.29. The van der Waals surface area contributed by atoms with Gasteiger partial charge in [0.05, 0.1) is 7.11 Å². The van der Waals surface area contributed by atoms with Crippen LogP contribution in [0.2, 0.25) is 0 Å². The third kappa shape index (κ3) is 3.79. The number of ether oxygens (including phenoxy) is 1. The van der Waals surface area contributed by atoms with Gasteiger partial charge in [0, 0.05) is 32.0 Å². The Balaban J connectivity index is 1.50. The van der Waals surface area contributed by atoms with Crippen LogP contribution in [0.25, 0.3) is 0 Å². The van der Waals surface area contributed by atoms with Gasteiger partial charge in [0.25, 0.3) is 5.88 Å². The van der Waals surface area contributed by atoms with Crippen molar-refractivity contribution in [3.05, 3.63) is 47.8 Å². The van der Waals surface area contributed by atoms with E-state index in [1.807, 2.05) is 0 Å². The Morgan fingerprint density at radius 2 is 2.09 bits per heavy atom. The highest BCUT2D eigenvalue weighted by molar-refractivity contribution is 5.44. The molecule has 1 aliphatic rings. The first-order valence-electron chi connectivity index (χ1n) is 8.14. The number of nitrogens with zero attached hydrogens (tertiary/aromatic N) is 3. The topological polar surface area (TPSA) is 50.3 Å². The second-order valence-corrected chi connectivity index (χ2v) is 5.98. The molecule has 1 unspecified atom stereocenters. The van der Waals surface area contributed by atoms with Crippen molar-refractivity contribution in [2.24, 2.45) is 0 Å². The summed E-state index contributed by atoms with van der Waals surface area (Å²) in [4.78, 5) is 10.9. The quantitative estimate of drug-likeness (QED) is 0.889. The Labute approximate surface area is 137 Å². The molecule has 0 amide bonds. The molecule has 3 rings (SSSR count). The second-order valence-electron chi connectivity index (χ2n) is 5.98. The molecule has 1 N–H and O–H groups in total. The number of anilines is 1. The average Bonchev–Trinajstić information content (AvgIpc) is 3.04. The van der Waals surface area contributed by atoms with E-state index in [9.17, 15) is 0 Å². The van der Waals surface area contributed by atoms with Gasteiger partial charge in [0.15, 0.2) is 5.82 Å². The fraction of sp³-hybridized carbons (Fsp3) is 0.444. The zero-order valence-corrected chi connectivity index (χ0v) is 13.8. The van der Waals surface area contributed by atoms with Crippen LogP contribution in [0.1, 0.15) is 23.5 Å². The molecule has 23 heavy (non-hydrogen) atoms. The molecular weight excluding hydrogens is 288 g/mol. The van der Waals surface area contributed by atoms with Gasteiger partial charge in [0.1, 0.15) is 0 Å². The largest absolute Gasteiger partial charge is 0.478 e. The monoisotopic (exact) mass is 312 g/mol. The smallest absolute Gasteiger partial charge is 0.257 e. The van der Waals surface area contributed by atoms with E-state index in [2.05, 4.69) is 51.4 Å². The highest BCUT2D eigenvalue weighted by Gasteiger charge is 2.24. The SMILES string of the molecule is COc1nccnc1NCCN1CCC(c2ccccc2C)C1. The summed E-state index contributed by atoms with van der Waals surface area (Å²) in [6.07, 6.45) is 4.55. The van der Waals surface area contributed by atoms with Crippen LogP contribution in [0.4, 0.5) is 5.82 Å². The Hall–Kier alpha value is -2.14. The molecule has 1 aliphatic heterocycles. The normalized spacial score (nSPS) is 18.1. The van der Waals surface area contributed by atoms with Crippen LogP contribution >= 0.6 is 0 Å². The third-order valence-corrected chi connectivity index (χ3v) is 4.48. The fourth-order valence-electron chi connectivity index (χ4n) is 3.26. The molecule has 2 heterocycles. The molecular formula is C18H24N4O. The minimum absolute atomic E-state index is 0.548. The average molecular weight is 312 g/mol. The molecule has 0 spiro atoms. The Morgan fingerprint density at radius 1 is 1.26 bits per heavy atom. The van der Waals surface area contributed by atoms with E-state index in [-0.39, 0.29) is 0 Å².